The van der Waals surface area contributed by atoms with Gasteiger partial charge in [-0.1, -0.05) is 17.9 Å². The maximum Gasteiger partial charge on any atom is 0.332 e. The van der Waals surface area contributed by atoms with Crippen LogP contribution in [0.2, 0.25) is 0 Å². The van der Waals surface area contributed by atoms with Crippen molar-refractivity contribution in [1.29, 1.82) is 0 Å². The van der Waals surface area contributed by atoms with E-state index in [9.17, 15) is 4.79 Å². The zero-order chi connectivity index (χ0) is 18.6. The highest BCUT2D eigenvalue weighted by molar-refractivity contribution is 5.90. The van der Waals surface area contributed by atoms with Gasteiger partial charge in [0.25, 0.3) is 0 Å². The van der Waals surface area contributed by atoms with Gasteiger partial charge in [0, 0.05) is 60.8 Å². The lowest BCUT2D eigenvalue weighted by Gasteiger charge is -2.33. The average Bonchev–Trinajstić information content (AvgIpc) is 3.33. The molecule has 3 aliphatic heterocycles. The van der Waals surface area contributed by atoms with Gasteiger partial charge in [-0.25, -0.2) is 4.79 Å². The number of nitrogens with zero attached hydrogens (tertiary/aromatic N) is 2. The van der Waals surface area contributed by atoms with E-state index in [4.69, 9.17) is 9.47 Å². The van der Waals surface area contributed by atoms with E-state index in [0.717, 1.165) is 36.0 Å². The molecule has 4 heterocycles. The Morgan fingerprint density at radius 2 is 2.30 bits per heavy atom. The van der Waals surface area contributed by atoms with Crippen LogP contribution in [-0.2, 0) is 14.3 Å². The van der Waals surface area contributed by atoms with Crippen molar-refractivity contribution in [2.45, 2.75) is 56.0 Å². The van der Waals surface area contributed by atoms with Crippen LogP contribution in [0.25, 0.3) is 0 Å². The number of ether oxygens (including phenoxy) is 2. The minimum absolute atomic E-state index is 0.147. The molecule has 2 fully saturated rings. The van der Waals surface area contributed by atoms with Crippen LogP contribution in [0, 0.1) is 11.8 Å². The number of hydrogen-bond donors (Lipinski definition) is 0. The van der Waals surface area contributed by atoms with Crippen molar-refractivity contribution in [3.05, 3.63) is 53.4 Å². The molecular formula is C22H22N2O3. The van der Waals surface area contributed by atoms with Gasteiger partial charge in [0.2, 0.25) is 0 Å². The Hall–Kier alpha value is -2.42. The highest BCUT2D eigenvalue weighted by atomic mass is 16.6. The van der Waals surface area contributed by atoms with Crippen molar-refractivity contribution in [3.63, 3.8) is 0 Å². The molecule has 5 atom stereocenters. The Labute approximate surface area is 159 Å². The van der Waals surface area contributed by atoms with Crippen molar-refractivity contribution < 1.29 is 14.3 Å². The molecule has 0 amide bonds. The molecule has 2 bridgehead atoms. The number of pyridine rings is 1. The predicted octanol–water partition coefficient (Wildman–Crippen LogP) is 2.24. The summed E-state index contributed by atoms with van der Waals surface area (Å²) in [4.78, 5) is 18.9. The summed E-state index contributed by atoms with van der Waals surface area (Å²) in [6.07, 6.45) is 10.4. The van der Waals surface area contributed by atoms with E-state index in [1.165, 1.54) is 0 Å². The van der Waals surface area contributed by atoms with Gasteiger partial charge in [-0.3, -0.25) is 9.88 Å². The number of aromatic nitrogens is 1. The molecule has 4 aliphatic rings. The first kappa shape index (κ1) is 16.7. The minimum Gasteiger partial charge on any atom is -0.449 e. The molecule has 1 aromatic heterocycles. The molecule has 5 nitrogen and oxygen atoms in total. The number of carbonyl (C=O) groups is 1. The van der Waals surface area contributed by atoms with E-state index in [1.54, 1.807) is 25.6 Å². The second-order valence-corrected chi connectivity index (χ2v) is 7.76. The van der Waals surface area contributed by atoms with Crippen LogP contribution in [0.5, 0.6) is 0 Å². The van der Waals surface area contributed by atoms with Gasteiger partial charge in [-0.15, -0.1) is 0 Å². The third kappa shape index (κ3) is 2.40. The smallest absolute Gasteiger partial charge is 0.332 e. The van der Waals surface area contributed by atoms with Gasteiger partial charge in [-0.05, 0) is 31.9 Å². The minimum atomic E-state index is -0.544. The second-order valence-electron chi connectivity index (χ2n) is 7.76. The summed E-state index contributed by atoms with van der Waals surface area (Å²) >= 11 is 0. The molecule has 0 aromatic carbocycles. The van der Waals surface area contributed by atoms with Crippen LogP contribution in [0.4, 0.5) is 0 Å². The van der Waals surface area contributed by atoms with Crippen LogP contribution in [0.3, 0.4) is 0 Å². The summed E-state index contributed by atoms with van der Waals surface area (Å²) in [5.41, 5.74) is 2.19. The zero-order valence-corrected chi connectivity index (χ0v) is 15.5. The zero-order valence-electron chi connectivity index (χ0n) is 15.5. The highest BCUT2D eigenvalue weighted by Crippen LogP contribution is 2.55. The first-order chi connectivity index (χ1) is 13.1. The third-order valence-corrected chi connectivity index (χ3v) is 6.48. The number of carbonyl (C=O) groups excluding carboxylic acids is 1. The Bertz CT molecular complexity index is 910. The van der Waals surface area contributed by atoms with Crippen molar-refractivity contribution in [2.75, 3.05) is 7.11 Å². The summed E-state index contributed by atoms with van der Waals surface area (Å²) in [6.45, 7) is 2.12. The summed E-state index contributed by atoms with van der Waals surface area (Å²) in [7, 11) is 1.76. The number of rotatable bonds is 2. The summed E-state index contributed by atoms with van der Waals surface area (Å²) in [5.74, 6) is 6.23. The largest absolute Gasteiger partial charge is 0.449 e. The van der Waals surface area contributed by atoms with E-state index < -0.39 is 5.60 Å². The summed E-state index contributed by atoms with van der Waals surface area (Å²) in [5, 5.41) is 0. The lowest BCUT2D eigenvalue weighted by molar-refractivity contribution is -0.147. The first-order valence-corrected chi connectivity index (χ1v) is 9.52. The number of esters is 1. The molecule has 1 aliphatic carbocycles. The van der Waals surface area contributed by atoms with Crippen molar-refractivity contribution in [1.82, 2.24) is 9.88 Å². The van der Waals surface area contributed by atoms with E-state index in [2.05, 4.69) is 34.7 Å². The second kappa shape index (κ2) is 6.05. The molecule has 5 heteroatoms. The SMILES string of the molecule is COC(C)[C@H]1CC[C@H]2N1[C@@H]1C=C(C#Cc3cccnc3)C3=CC(=O)O[C@@]32C1. The number of methoxy groups -OCH3 is 1. The summed E-state index contributed by atoms with van der Waals surface area (Å²) < 4.78 is 11.6. The lowest BCUT2D eigenvalue weighted by atomic mass is 9.77. The molecule has 1 unspecified atom stereocenters. The maximum absolute atomic E-state index is 12.2. The molecule has 138 valence electrons. The Morgan fingerprint density at radius 1 is 1.41 bits per heavy atom. The Kier molecular flexibility index (Phi) is 3.75. The van der Waals surface area contributed by atoms with Crippen molar-refractivity contribution in [3.8, 4) is 11.8 Å². The van der Waals surface area contributed by atoms with Crippen LogP contribution in [0.1, 0.15) is 31.7 Å². The monoisotopic (exact) mass is 362 g/mol. The average molecular weight is 362 g/mol. The quantitative estimate of drug-likeness (QED) is 0.597. The normalized spacial score (nSPS) is 34.7. The van der Waals surface area contributed by atoms with Gasteiger partial charge in [-0.2, -0.15) is 0 Å². The highest BCUT2D eigenvalue weighted by Gasteiger charge is 2.64. The van der Waals surface area contributed by atoms with E-state index in [1.807, 2.05) is 12.1 Å². The fourth-order valence-corrected chi connectivity index (χ4v) is 5.32. The van der Waals surface area contributed by atoms with Crippen LogP contribution in [-0.4, -0.2) is 52.8 Å². The Morgan fingerprint density at radius 3 is 3.07 bits per heavy atom. The van der Waals surface area contributed by atoms with Gasteiger partial charge in [0.1, 0.15) is 0 Å². The van der Waals surface area contributed by atoms with Crippen LogP contribution < -0.4 is 0 Å². The predicted molar refractivity (Wildman–Crippen MR) is 99.6 cm³/mol. The molecule has 1 aromatic rings. The van der Waals surface area contributed by atoms with Crippen molar-refractivity contribution >= 4 is 5.97 Å². The molecule has 0 saturated carbocycles. The standard InChI is InChI=1S/C22H22N2O3/c1-14(26-2)19-7-8-20-22-12-17(24(19)20)10-16(18(22)11-21(25)27-22)6-5-15-4-3-9-23-13-15/h3-4,9-11,13-14,17,19-20H,7-8,12H2,1-2H3/t14?,17-,19-,20-,22+/m1/s1. The molecule has 0 radical (unpaired) electrons. The van der Waals surface area contributed by atoms with Crippen LogP contribution >= 0.6 is 0 Å². The Balaban J connectivity index is 1.56. The third-order valence-electron chi connectivity index (χ3n) is 6.48. The summed E-state index contributed by atoms with van der Waals surface area (Å²) in [6, 6.07) is 4.58. The fraction of sp³-hybridized carbons (Fsp3) is 0.455. The number of hydrogen-bond acceptors (Lipinski definition) is 5. The number of fused-ring (bicyclic) bond motifs is 3. The van der Waals surface area contributed by atoms with Gasteiger partial charge >= 0.3 is 5.97 Å². The van der Waals surface area contributed by atoms with E-state index in [-0.39, 0.29) is 24.2 Å². The van der Waals surface area contributed by atoms with Crippen LogP contribution in [0.15, 0.2) is 47.8 Å². The topological polar surface area (TPSA) is 51.7 Å². The van der Waals surface area contributed by atoms with Gasteiger partial charge in [0.15, 0.2) is 5.60 Å². The molecule has 0 N–H and O–H groups in total. The first-order valence-electron chi connectivity index (χ1n) is 9.52. The maximum atomic E-state index is 12.2. The van der Waals surface area contributed by atoms with Gasteiger partial charge < -0.3 is 9.47 Å². The molecule has 27 heavy (non-hydrogen) atoms. The fourth-order valence-electron chi connectivity index (χ4n) is 5.32. The van der Waals surface area contributed by atoms with E-state index in [0.29, 0.717) is 6.04 Å². The molecule has 5 rings (SSSR count). The lowest BCUT2D eigenvalue weighted by Crippen LogP contribution is -2.47. The molecule has 2 saturated heterocycles. The molecular weight excluding hydrogens is 340 g/mol. The molecule has 1 spiro atoms. The van der Waals surface area contributed by atoms with Gasteiger partial charge in [0.05, 0.1) is 12.1 Å². The van der Waals surface area contributed by atoms with E-state index >= 15 is 0 Å². The van der Waals surface area contributed by atoms with Crippen molar-refractivity contribution in [2.24, 2.45) is 0 Å².